The van der Waals surface area contributed by atoms with Crippen LogP contribution < -0.4 is 0 Å². The van der Waals surface area contributed by atoms with Gasteiger partial charge < -0.3 is 4.90 Å². The zero-order valence-corrected chi connectivity index (χ0v) is 8.81. The first-order valence-corrected chi connectivity index (χ1v) is 4.80. The average molecular weight is 175 g/mol. The lowest BCUT2D eigenvalue weighted by Crippen LogP contribution is -2.25. The first-order valence-electron chi connectivity index (χ1n) is 4.80. The number of hydrogen-bond donors (Lipinski definition) is 0. The summed E-state index contributed by atoms with van der Waals surface area (Å²) in [5.74, 6) is 0.926. The molecule has 0 amide bonds. The monoisotopic (exact) mass is 175 g/mol. The van der Waals surface area contributed by atoms with E-state index < -0.39 is 0 Å². The van der Waals surface area contributed by atoms with Crippen LogP contribution in [0.25, 0.3) is 0 Å². The predicted octanol–water partition coefficient (Wildman–Crippen LogP) is 2.57. The van der Waals surface area contributed by atoms with E-state index in [4.69, 9.17) is 0 Å². The van der Waals surface area contributed by atoms with Gasteiger partial charge in [-0.2, -0.15) is 0 Å². The maximum atomic E-state index is 12.1. The fourth-order valence-corrected chi connectivity index (χ4v) is 1.23. The van der Waals surface area contributed by atoms with E-state index in [1.807, 2.05) is 6.92 Å². The number of rotatable bonds is 6. The maximum absolute atomic E-state index is 12.1. The molecule has 0 fully saturated rings. The van der Waals surface area contributed by atoms with Gasteiger partial charge in [0.2, 0.25) is 0 Å². The van der Waals surface area contributed by atoms with Gasteiger partial charge in [0, 0.05) is 6.54 Å². The topological polar surface area (TPSA) is 3.24 Å². The summed E-state index contributed by atoms with van der Waals surface area (Å²) in [6.07, 6.45) is 0.972. The van der Waals surface area contributed by atoms with Crippen LogP contribution in [-0.2, 0) is 0 Å². The molecule has 0 bridgehead atoms. The highest BCUT2D eigenvalue weighted by Crippen LogP contribution is 2.04. The molecular formula is C10H22FN. The van der Waals surface area contributed by atoms with Crippen molar-refractivity contribution in [1.29, 1.82) is 0 Å². The number of halogens is 1. The Morgan fingerprint density at radius 2 is 1.83 bits per heavy atom. The summed E-state index contributed by atoms with van der Waals surface area (Å²) in [6.45, 7) is 8.31. The Hall–Kier alpha value is -0.110. The summed E-state index contributed by atoms with van der Waals surface area (Å²) < 4.78 is 12.1. The summed E-state index contributed by atoms with van der Waals surface area (Å²) in [4.78, 5) is 2.27. The Labute approximate surface area is 75.9 Å². The second-order valence-corrected chi connectivity index (χ2v) is 4.20. The molecule has 0 aliphatic rings. The van der Waals surface area contributed by atoms with E-state index in [0.29, 0.717) is 5.92 Å². The van der Waals surface area contributed by atoms with Crippen molar-refractivity contribution < 1.29 is 4.39 Å². The molecule has 0 aliphatic heterocycles. The van der Waals surface area contributed by atoms with Gasteiger partial charge in [0.05, 0.1) is 6.67 Å². The fourth-order valence-electron chi connectivity index (χ4n) is 1.23. The first-order chi connectivity index (χ1) is 5.56. The molecule has 0 heterocycles. The molecule has 0 saturated carbocycles. The highest BCUT2D eigenvalue weighted by Gasteiger charge is 2.05. The third kappa shape index (κ3) is 6.59. The van der Waals surface area contributed by atoms with Gasteiger partial charge in [-0.25, -0.2) is 0 Å². The summed E-state index contributed by atoms with van der Waals surface area (Å²) in [6, 6.07) is 0. The quantitative estimate of drug-likeness (QED) is 0.599. The molecule has 0 aliphatic carbocycles. The van der Waals surface area contributed by atoms with Gasteiger partial charge >= 0.3 is 0 Å². The largest absolute Gasteiger partial charge is 0.306 e. The highest BCUT2D eigenvalue weighted by atomic mass is 19.1. The van der Waals surface area contributed by atoms with Crippen LogP contribution in [-0.4, -0.2) is 31.7 Å². The fraction of sp³-hybridized carbons (Fsp3) is 1.00. The van der Waals surface area contributed by atoms with Gasteiger partial charge in [0.15, 0.2) is 0 Å². The van der Waals surface area contributed by atoms with Crippen molar-refractivity contribution in [3.63, 3.8) is 0 Å². The Morgan fingerprint density at radius 1 is 1.25 bits per heavy atom. The summed E-state index contributed by atoms with van der Waals surface area (Å²) in [5.41, 5.74) is 0. The molecule has 1 nitrogen and oxygen atoms in total. The minimum absolute atomic E-state index is 0.185. The van der Waals surface area contributed by atoms with Crippen LogP contribution in [0.3, 0.4) is 0 Å². The lowest BCUT2D eigenvalue weighted by Gasteiger charge is -2.19. The van der Waals surface area contributed by atoms with Crippen molar-refractivity contribution in [3.05, 3.63) is 0 Å². The molecular weight excluding hydrogens is 153 g/mol. The van der Waals surface area contributed by atoms with Gasteiger partial charge in [-0.3, -0.25) is 4.39 Å². The van der Waals surface area contributed by atoms with Crippen molar-refractivity contribution >= 4 is 0 Å². The van der Waals surface area contributed by atoms with E-state index in [1.165, 1.54) is 0 Å². The Balaban J connectivity index is 3.36. The molecule has 0 aromatic carbocycles. The molecule has 74 valence electrons. The predicted molar refractivity (Wildman–Crippen MR) is 52.1 cm³/mol. The molecule has 0 spiro atoms. The van der Waals surface area contributed by atoms with Crippen LogP contribution >= 0.6 is 0 Å². The van der Waals surface area contributed by atoms with Crippen LogP contribution in [0.1, 0.15) is 27.2 Å². The molecule has 0 saturated heterocycles. The van der Waals surface area contributed by atoms with Gasteiger partial charge in [0.25, 0.3) is 0 Å². The van der Waals surface area contributed by atoms with Crippen molar-refractivity contribution in [3.8, 4) is 0 Å². The lowest BCUT2D eigenvalue weighted by atomic mass is 10.1. The maximum Gasteiger partial charge on any atom is 0.0920 e. The molecule has 0 radical (unpaired) electrons. The molecule has 2 heteroatoms. The lowest BCUT2D eigenvalue weighted by molar-refractivity contribution is 0.259. The molecule has 1 atom stereocenters. The van der Waals surface area contributed by atoms with Crippen LogP contribution in [0.15, 0.2) is 0 Å². The van der Waals surface area contributed by atoms with Gasteiger partial charge in [0.1, 0.15) is 0 Å². The van der Waals surface area contributed by atoms with Crippen molar-refractivity contribution in [1.82, 2.24) is 4.90 Å². The van der Waals surface area contributed by atoms with Crippen LogP contribution in [0.2, 0.25) is 0 Å². The molecule has 0 aromatic rings. The van der Waals surface area contributed by atoms with Crippen LogP contribution in [0.4, 0.5) is 4.39 Å². The van der Waals surface area contributed by atoms with Gasteiger partial charge in [-0.15, -0.1) is 0 Å². The second kappa shape index (κ2) is 6.41. The Kier molecular flexibility index (Phi) is 6.35. The van der Waals surface area contributed by atoms with Crippen LogP contribution in [0, 0.1) is 11.8 Å². The Bertz CT molecular complexity index is 104. The van der Waals surface area contributed by atoms with Crippen molar-refractivity contribution in [2.24, 2.45) is 11.8 Å². The number of hydrogen-bond acceptors (Lipinski definition) is 1. The van der Waals surface area contributed by atoms with E-state index >= 15 is 0 Å². The summed E-state index contributed by atoms with van der Waals surface area (Å²) >= 11 is 0. The van der Waals surface area contributed by atoms with Gasteiger partial charge in [-0.1, -0.05) is 20.8 Å². The standard InChI is InChI=1S/C10H22FN/c1-9(2)8-12(4)6-5-10(3)7-11/h9-10H,5-8H2,1-4H3. The smallest absolute Gasteiger partial charge is 0.0920 e. The second-order valence-electron chi connectivity index (χ2n) is 4.20. The molecule has 1 unspecified atom stereocenters. The highest BCUT2D eigenvalue weighted by molar-refractivity contribution is 4.58. The zero-order chi connectivity index (χ0) is 9.56. The summed E-state index contributed by atoms with van der Waals surface area (Å²) in [7, 11) is 2.10. The average Bonchev–Trinajstić information content (AvgIpc) is 1.99. The molecule has 0 N–H and O–H groups in total. The number of alkyl halides is 1. The first kappa shape index (κ1) is 11.9. The SMILES string of the molecule is CC(C)CN(C)CCC(C)CF. The minimum Gasteiger partial charge on any atom is -0.306 e. The summed E-state index contributed by atoms with van der Waals surface area (Å²) in [5, 5.41) is 0. The van der Waals surface area contributed by atoms with E-state index in [9.17, 15) is 4.39 Å². The van der Waals surface area contributed by atoms with E-state index in [0.717, 1.165) is 19.5 Å². The third-order valence-electron chi connectivity index (χ3n) is 1.94. The van der Waals surface area contributed by atoms with E-state index in [-0.39, 0.29) is 12.6 Å². The Morgan fingerprint density at radius 3 is 2.25 bits per heavy atom. The molecule has 0 rings (SSSR count). The minimum atomic E-state index is -0.185. The molecule has 12 heavy (non-hydrogen) atoms. The van der Waals surface area contributed by atoms with E-state index in [1.54, 1.807) is 0 Å². The van der Waals surface area contributed by atoms with Crippen molar-refractivity contribution in [2.45, 2.75) is 27.2 Å². The van der Waals surface area contributed by atoms with Crippen molar-refractivity contribution in [2.75, 3.05) is 26.8 Å². The number of nitrogens with zero attached hydrogens (tertiary/aromatic N) is 1. The third-order valence-corrected chi connectivity index (χ3v) is 1.94. The van der Waals surface area contributed by atoms with Gasteiger partial charge in [-0.05, 0) is 31.8 Å². The van der Waals surface area contributed by atoms with E-state index in [2.05, 4.69) is 25.8 Å². The van der Waals surface area contributed by atoms with Crippen LogP contribution in [0.5, 0.6) is 0 Å². The normalized spacial score (nSPS) is 14.2. The zero-order valence-electron chi connectivity index (χ0n) is 8.81. The molecule has 0 aromatic heterocycles.